The number of carboxylic acid groups (broad SMARTS) is 1. The van der Waals surface area contributed by atoms with Crippen molar-refractivity contribution in [3.8, 4) is 11.1 Å². The van der Waals surface area contributed by atoms with Crippen LogP contribution in [0, 0.1) is 0 Å². The van der Waals surface area contributed by atoms with Crippen molar-refractivity contribution < 1.29 is 18.3 Å². The molecule has 0 saturated heterocycles. The van der Waals surface area contributed by atoms with Crippen molar-refractivity contribution in [3.05, 3.63) is 84.2 Å². The first-order valence-electron chi connectivity index (χ1n) is 8.74. The fourth-order valence-corrected chi connectivity index (χ4v) is 3.90. The summed E-state index contributed by atoms with van der Waals surface area (Å²) in [6.07, 6.45) is 3.29. The minimum atomic E-state index is -3.50. The van der Waals surface area contributed by atoms with Crippen LogP contribution in [0.15, 0.2) is 73.1 Å². The molecule has 0 radical (unpaired) electrons. The lowest BCUT2D eigenvalue weighted by Crippen LogP contribution is -2.31. The molecule has 7 heteroatoms. The highest BCUT2D eigenvalue weighted by molar-refractivity contribution is 7.92. The molecule has 3 rings (SSSR count). The van der Waals surface area contributed by atoms with Crippen LogP contribution in [0.5, 0.6) is 0 Å². The molecule has 2 aromatic carbocycles. The molecular formula is C21H20N2O4S. The highest BCUT2D eigenvalue weighted by Gasteiger charge is 2.21. The van der Waals surface area contributed by atoms with Gasteiger partial charge in [0, 0.05) is 12.4 Å². The number of carboxylic acids is 1. The first-order chi connectivity index (χ1) is 13.4. The number of hydrogen-bond acceptors (Lipinski definition) is 4. The predicted octanol–water partition coefficient (Wildman–Crippen LogP) is 3.80. The average Bonchev–Trinajstić information content (AvgIpc) is 2.73. The Morgan fingerprint density at radius 2 is 1.79 bits per heavy atom. The summed E-state index contributed by atoms with van der Waals surface area (Å²) in [5.41, 5.74) is 3.15. The van der Waals surface area contributed by atoms with Gasteiger partial charge in [-0.05, 0) is 53.9 Å². The number of aromatic nitrogens is 1. The van der Waals surface area contributed by atoms with Gasteiger partial charge in [-0.3, -0.25) is 9.29 Å². The summed E-state index contributed by atoms with van der Waals surface area (Å²) in [5, 5.41) is 9.04. The maximum absolute atomic E-state index is 12.7. The molecule has 28 heavy (non-hydrogen) atoms. The standard InChI is InChI=1S/C21H20N2O4S/c1-2-28(26,27)23(15-16-5-4-12-22-14-16)20-7-3-6-19(13-20)17-8-10-18(11-9-17)21(24)25/h3-14H,2,15H2,1H3,(H,24,25). The molecule has 144 valence electrons. The van der Waals surface area contributed by atoms with Crippen molar-refractivity contribution in [1.82, 2.24) is 4.98 Å². The van der Waals surface area contributed by atoms with Crippen LogP contribution in [0.1, 0.15) is 22.8 Å². The number of rotatable bonds is 7. The number of sulfonamides is 1. The molecule has 1 N–H and O–H groups in total. The molecule has 1 aromatic heterocycles. The second-order valence-corrected chi connectivity index (χ2v) is 8.38. The van der Waals surface area contributed by atoms with Crippen LogP contribution in [0.4, 0.5) is 5.69 Å². The van der Waals surface area contributed by atoms with E-state index in [-0.39, 0.29) is 17.9 Å². The van der Waals surface area contributed by atoms with Crippen LogP contribution in [-0.4, -0.2) is 30.2 Å². The zero-order valence-corrected chi connectivity index (χ0v) is 16.1. The molecule has 0 aliphatic heterocycles. The molecule has 0 spiro atoms. The van der Waals surface area contributed by atoms with Crippen molar-refractivity contribution in [2.24, 2.45) is 0 Å². The molecule has 0 fully saturated rings. The van der Waals surface area contributed by atoms with Crippen LogP contribution in [0.3, 0.4) is 0 Å². The minimum absolute atomic E-state index is 0.0230. The third-order valence-corrected chi connectivity index (χ3v) is 6.09. The predicted molar refractivity (Wildman–Crippen MR) is 109 cm³/mol. The molecule has 0 saturated carbocycles. The van der Waals surface area contributed by atoms with E-state index < -0.39 is 16.0 Å². The Hall–Kier alpha value is -3.19. The van der Waals surface area contributed by atoms with E-state index in [1.807, 2.05) is 12.1 Å². The molecule has 1 heterocycles. The third kappa shape index (κ3) is 4.37. The number of anilines is 1. The van der Waals surface area contributed by atoms with E-state index in [0.717, 1.165) is 16.7 Å². The van der Waals surface area contributed by atoms with Crippen LogP contribution in [-0.2, 0) is 16.6 Å². The fourth-order valence-electron chi connectivity index (χ4n) is 2.81. The minimum Gasteiger partial charge on any atom is -0.478 e. The molecule has 6 nitrogen and oxygen atoms in total. The number of aromatic carboxylic acids is 1. The van der Waals surface area contributed by atoms with Gasteiger partial charge in [0.2, 0.25) is 10.0 Å². The summed E-state index contributed by atoms with van der Waals surface area (Å²) in [7, 11) is -3.50. The molecular weight excluding hydrogens is 376 g/mol. The SMILES string of the molecule is CCS(=O)(=O)N(Cc1cccnc1)c1cccc(-c2ccc(C(=O)O)cc2)c1. The largest absolute Gasteiger partial charge is 0.478 e. The maximum atomic E-state index is 12.7. The van der Waals surface area contributed by atoms with Crippen molar-refractivity contribution in [1.29, 1.82) is 0 Å². The number of pyridine rings is 1. The first kappa shape index (κ1) is 19.6. The van der Waals surface area contributed by atoms with Crippen molar-refractivity contribution in [2.45, 2.75) is 13.5 Å². The highest BCUT2D eigenvalue weighted by atomic mass is 32.2. The van der Waals surface area contributed by atoms with Gasteiger partial charge in [-0.15, -0.1) is 0 Å². The van der Waals surface area contributed by atoms with Gasteiger partial charge in [-0.2, -0.15) is 0 Å². The molecule has 0 atom stereocenters. The number of carbonyl (C=O) groups is 1. The van der Waals surface area contributed by atoms with E-state index in [4.69, 9.17) is 5.11 Å². The Balaban J connectivity index is 1.99. The lowest BCUT2D eigenvalue weighted by molar-refractivity contribution is 0.0697. The van der Waals surface area contributed by atoms with Gasteiger partial charge in [0.05, 0.1) is 23.5 Å². The van der Waals surface area contributed by atoms with Gasteiger partial charge in [-0.1, -0.05) is 30.3 Å². The number of benzene rings is 2. The number of hydrogen-bond donors (Lipinski definition) is 1. The maximum Gasteiger partial charge on any atom is 0.335 e. The van der Waals surface area contributed by atoms with Crippen molar-refractivity contribution in [2.75, 3.05) is 10.1 Å². The van der Waals surface area contributed by atoms with E-state index in [1.165, 1.54) is 16.4 Å². The number of nitrogens with zero attached hydrogens (tertiary/aromatic N) is 2. The lowest BCUT2D eigenvalue weighted by atomic mass is 10.0. The third-order valence-electron chi connectivity index (χ3n) is 4.35. The molecule has 0 aliphatic carbocycles. The van der Waals surface area contributed by atoms with E-state index >= 15 is 0 Å². The second-order valence-electron chi connectivity index (χ2n) is 6.20. The van der Waals surface area contributed by atoms with E-state index in [0.29, 0.717) is 5.69 Å². The summed E-state index contributed by atoms with van der Waals surface area (Å²) >= 11 is 0. The van der Waals surface area contributed by atoms with Gasteiger partial charge in [0.1, 0.15) is 0 Å². The highest BCUT2D eigenvalue weighted by Crippen LogP contribution is 2.28. The van der Waals surface area contributed by atoms with Crippen LogP contribution in [0.25, 0.3) is 11.1 Å². The molecule has 0 amide bonds. The summed E-state index contributed by atoms with van der Waals surface area (Å²) in [5.74, 6) is -1.01. The van der Waals surface area contributed by atoms with Crippen LogP contribution >= 0.6 is 0 Å². The fraction of sp³-hybridized carbons (Fsp3) is 0.143. The van der Waals surface area contributed by atoms with Gasteiger partial charge in [-0.25, -0.2) is 13.2 Å². The Morgan fingerprint density at radius 3 is 2.39 bits per heavy atom. The second kappa shape index (κ2) is 8.22. The van der Waals surface area contributed by atoms with Gasteiger partial charge in [0.15, 0.2) is 0 Å². The summed E-state index contributed by atoms with van der Waals surface area (Å²) < 4.78 is 26.8. The molecule has 3 aromatic rings. The van der Waals surface area contributed by atoms with Gasteiger partial charge >= 0.3 is 5.97 Å². The van der Waals surface area contributed by atoms with E-state index in [9.17, 15) is 13.2 Å². The smallest absolute Gasteiger partial charge is 0.335 e. The Kier molecular flexibility index (Phi) is 5.75. The van der Waals surface area contributed by atoms with Gasteiger partial charge < -0.3 is 5.11 Å². The quantitative estimate of drug-likeness (QED) is 0.656. The average molecular weight is 396 g/mol. The zero-order chi connectivity index (χ0) is 20.1. The normalized spacial score (nSPS) is 11.2. The van der Waals surface area contributed by atoms with Crippen LogP contribution < -0.4 is 4.31 Å². The van der Waals surface area contributed by atoms with Crippen LogP contribution in [0.2, 0.25) is 0 Å². The lowest BCUT2D eigenvalue weighted by Gasteiger charge is -2.24. The monoisotopic (exact) mass is 396 g/mol. The molecule has 0 aliphatic rings. The topological polar surface area (TPSA) is 87.6 Å². The Bertz CT molecular complexity index is 1070. The Labute approximate surface area is 164 Å². The zero-order valence-electron chi connectivity index (χ0n) is 15.3. The van der Waals surface area contributed by atoms with E-state index in [2.05, 4.69) is 4.98 Å². The van der Waals surface area contributed by atoms with Gasteiger partial charge in [0.25, 0.3) is 0 Å². The summed E-state index contributed by atoms with van der Waals surface area (Å²) in [6, 6.07) is 17.3. The summed E-state index contributed by atoms with van der Waals surface area (Å²) in [6.45, 7) is 1.80. The van der Waals surface area contributed by atoms with E-state index in [1.54, 1.807) is 55.7 Å². The Morgan fingerprint density at radius 1 is 1.04 bits per heavy atom. The summed E-state index contributed by atoms with van der Waals surface area (Å²) in [4.78, 5) is 15.1. The first-order valence-corrected chi connectivity index (χ1v) is 10.3. The molecule has 0 unspecified atom stereocenters. The van der Waals surface area contributed by atoms with Crippen molar-refractivity contribution in [3.63, 3.8) is 0 Å². The molecule has 0 bridgehead atoms. The van der Waals surface area contributed by atoms with Crippen molar-refractivity contribution >= 4 is 21.7 Å².